The van der Waals surface area contributed by atoms with Crippen LogP contribution in [0.2, 0.25) is 5.02 Å². The fourth-order valence-electron chi connectivity index (χ4n) is 4.04. The minimum atomic E-state index is -0.842. The van der Waals surface area contributed by atoms with E-state index in [1.54, 1.807) is 39.0 Å². The summed E-state index contributed by atoms with van der Waals surface area (Å²) in [5.41, 5.74) is 7.09. The van der Waals surface area contributed by atoms with Gasteiger partial charge in [0.1, 0.15) is 6.04 Å². The van der Waals surface area contributed by atoms with Gasteiger partial charge < -0.3 is 15.2 Å². The second-order valence-electron chi connectivity index (χ2n) is 8.51. The molecule has 0 radical (unpaired) electrons. The first-order valence-electron chi connectivity index (χ1n) is 9.65. The molecule has 4 atom stereocenters. The molecule has 1 fully saturated rings. The number of ether oxygens (including phenoxy) is 2. The highest BCUT2D eigenvalue weighted by Gasteiger charge is 2.57. The van der Waals surface area contributed by atoms with E-state index >= 15 is 0 Å². The van der Waals surface area contributed by atoms with E-state index in [1.807, 2.05) is 26.8 Å². The first kappa shape index (κ1) is 22.5. The Kier molecular flexibility index (Phi) is 6.99. The minimum absolute atomic E-state index is 0.219. The Morgan fingerprint density at radius 1 is 1.29 bits per heavy atom. The average Bonchev–Trinajstić information content (AvgIpc) is 2.88. The maximum Gasteiger partial charge on any atom is 0.411 e. The Balaban J connectivity index is 2.63. The van der Waals surface area contributed by atoms with Crippen LogP contribution in [0.25, 0.3) is 0 Å². The summed E-state index contributed by atoms with van der Waals surface area (Å²) in [6, 6.07) is 5.31. The van der Waals surface area contributed by atoms with Crippen molar-refractivity contribution in [2.24, 2.45) is 17.1 Å². The van der Waals surface area contributed by atoms with Crippen LogP contribution < -0.4 is 5.73 Å². The van der Waals surface area contributed by atoms with Crippen LogP contribution >= 0.6 is 11.6 Å². The topological polar surface area (TPSA) is 81.9 Å². The average molecular weight is 411 g/mol. The Bertz CT molecular complexity index is 717. The largest absolute Gasteiger partial charge is 0.464 e. The molecule has 2 rings (SSSR count). The summed E-state index contributed by atoms with van der Waals surface area (Å²) >= 11 is 6.19. The maximum absolute atomic E-state index is 13.1. The number of halogens is 1. The molecule has 1 saturated heterocycles. The summed E-state index contributed by atoms with van der Waals surface area (Å²) in [6.45, 7) is 11.5. The zero-order valence-corrected chi connectivity index (χ0v) is 18.2. The van der Waals surface area contributed by atoms with Crippen LogP contribution in [-0.2, 0) is 14.3 Å². The third-order valence-electron chi connectivity index (χ3n) is 4.98. The lowest BCUT2D eigenvalue weighted by atomic mass is 9.73. The SMILES string of the molecule is CCOC(=O)[C@@H]1[C@@H](C(C)(C)C)[C@H](N)[C@H](c2cccc(Cl)c2)N1C(=O)OC(C)C. The molecule has 1 aliphatic rings. The molecular weight excluding hydrogens is 380 g/mol. The van der Waals surface area contributed by atoms with Crippen LogP contribution in [0.5, 0.6) is 0 Å². The molecule has 1 aliphatic heterocycles. The highest BCUT2D eigenvalue weighted by Crippen LogP contribution is 2.47. The van der Waals surface area contributed by atoms with Crippen LogP contribution in [0.15, 0.2) is 24.3 Å². The maximum atomic E-state index is 13.1. The molecule has 1 aromatic rings. The van der Waals surface area contributed by atoms with Gasteiger partial charge in [0.25, 0.3) is 0 Å². The predicted octanol–water partition coefficient (Wildman–Crippen LogP) is 4.16. The molecule has 0 unspecified atom stereocenters. The van der Waals surface area contributed by atoms with Gasteiger partial charge in [0.15, 0.2) is 0 Å². The molecular formula is C21H31ClN2O4. The quantitative estimate of drug-likeness (QED) is 0.753. The zero-order chi connectivity index (χ0) is 21.2. The van der Waals surface area contributed by atoms with Gasteiger partial charge in [-0.1, -0.05) is 44.5 Å². The number of hydrogen-bond acceptors (Lipinski definition) is 5. The molecule has 1 aromatic carbocycles. The molecule has 0 aliphatic carbocycles. The molecule has 0 aromatic heterocycles. The fourth-order valence-corrected chi connectivity index (χ4v) is 4.24. The van der Waals surface area contributed by atoms with Gasteiger partial charge in [0.2, 0.25) is 0 Å². The van der Waals surface area contributed by atoms with Gasteiger partial charge >= 0.3 is 12.1 Å². The second-order valence-corrected chi connectivity index (χ2v) is 8.94. The predicted molar refractivity (Wildman–Crippen MR) is 109 cm³/mol. The van der Waals surface area contributed by atoms with Crippen molar-refractivity contribution in [3.8, 4) is 0 Å². The minimum Gasteiger partial charge on any atom is -0.464 e. The van der Waals surface area contributed by atoms with Crippen LogP contribution in [0.1, 0.15) is 53.1 Å². The van der Waals surface area contributed by atoms with Crippen LogP contribution in [0, 0.1) is 11.3 Å². The monoisotopic (exact) mass is 410 g/mol. The number of nitrogens with zero attached hydrogens (tertiary/aromatic N) is 1. The number of likely N-dealkylation sites (tertiary alicyclic amines) is 1. The lowest BCUT2D eigenvalue weighted by molar-refractivity contribution is -0.151. The number of esters is 1. The van der Waals surface area contributed by atoms with E-state index in [-0.39, 0.29) is 24.0 Å². The fraction of sp³-hybridized carbons (Fsp3) is 0.619. The molecule has 2 N–H and O–H groups in total. The van der Waals surface area contributed by atoms with Crippen molar-refractivity contribution in [2.75, 3.05) is 6.61 Å². The Morgan fingerprint density at radius 2 is 1.93 bits per heavy atom. The lowest BCUT2D eigenvalue weighted by Crippen LogP contribution is -2.48. The summed E-state index contributed by atoms with van der Waals surface area (Å²) in [5, 5.41) is 0.536. The van der Waals surface area contributed by atoms with E-state index in [9.17, 15) is 9.59 Å². The molecule has 6 nitrogen and oxygen atoms in total. The van der Waals surface area contributed by atoms with E-state index in [0.717, 1.165) is 5.56 Å². The van der Waals surface area contributed by atoms with E-state index in [2.05, 4.69) is 0 Å². The van der Waals surface area contributed by atoms with Crippen molar-refractivity contribution >= 4 is 23.7 Å². The first-order valence-corrected chi connectivity index (χ1v) is 10.0. The van der Waals surface area contributed by atoms with Gasteiger partial charge in [-0.05, 0) is 43.9 Å². The zero-order valence-electron chi connectivity index (χ0n) is 17.4. The van der Waals surface area contributed by atoms with Crippen molar-refractivity contribution in [3.63, 3.8) is 0 Å². The highest BCUT2D eigenvalue weighted by molar-refractivity contribution is 6.30. The Hall–Kier alpha value is -1.79. The molecule has 0 spiro atoms. The summed E-state index contributed by atoms with van der Waals surface area (Å²) in [5.74, 6) is -0.793. The van der Waals surface area contributed by atoms with Crippen molar-refractivity contribution in [3.05, 3.63) is 34.9 Å². The molecule has 0 saturated carbocycles. The van der Waals surface area contributed by atoms with Crippen LogP contribution in [-0.4, -0.2) is 41.8 Å². The normalized spacial score (nSPS) is 25.1. The number of carbonyl (C=O) groups is 2. The van der Waals surface area contributed by atoms with Crippen molar-refractivity contribution in [1.29, 1.82) is 0 Å². The second kappa shape index (κ2) is 8.70. The number of benzene rings is 1. The molecule has 1 amide bonds. The summed E-state index contributed by atoms with van der Waals surface area (Å²) in [7, 11) is 0. The van der Waals surface area contributed by atoms with Gasteiger partial charge in [0.05, 0.1) is 18.8 Å². The Morgan fingerprint density at radius 3 is 2.43 bits per heavy atom. The first-order chi connectivity index (χ1) is 13.0. The Labute approximate surface area is 172 Å². The molecule has 1 heterocycles. The summed E-state index contributed by atoms with van der Waals surface area (Å²) in [6.07, 6.45) is -0.916. The summed E-state index contributed by atoms with van der Waals surface area (Å²) in [4.78, 5) is 27.5. The van der Waals surface area contributed by atoms with Gasteiger partial charge in [0, 0.05) is 17.0 Å². The van der Waals surface area contributed by atoms with Crippen molar-refractivity contribution in [1.82, 2.24) is 4.90 Å². The highest BCUT2D eigenvalue weighted by atomic mass is 35.5. The molecule has 156 valence electrons. The molecule has 0 bridgehead atoms. The molecule has 28 heavy (non-hydrogen) atoms. The van der Waals surface area contributed by atoms with Crippen molar-refractivity contribution in [2.45, 2.75) is 65.8 Å². The lowest BCUT2D eigenvalue weighted by Gasteiger charge is -2.34. The van der Waals surface area contributed by atoms with Crippen LogP contribution in [0.4, 0.5) is 4.79 Å². The number of amides is 1. The van der Waals surface area contributed by atoms with E-state index in [0.29, 0.717) is 5.02 Å². The van der Waals surface area contributed by atoms with E-state index in [1.165, 1.54) is 4.90 Å². The third-order valence-corrected chi connectivity index (χ3v) is 5.22. The van der Waals surface area contributed by atoms with Crippen molar-refractivity contribution < 1.29 is 19.1 Å². The number of rotatable bonds is 4. The van der Waals surface area contributed by atoms with Crippen LogP contribution in [0.3, 0.4) is 0 Å². The molecule has 7 heteroatoms. The third kappa shape index (κ3) is 4.61. The smallest absolute Gasteiger partial charge is 0.411 e. The standard InChI is InChI=1S/C21H31ClN2O4/c1-7-27-19(25)18-15(21(4,5)6)16(23)17(13-9-8-10-14(22)11-13)24(18)20(26)28-12(2)3/h8-12,15-18H,7,23H2,1-6H3/t15-,16-,17-,18-/m0/s1. The summed E-state index contributed by atoms with van der Waals surface area (Å²) < 4.78 is 10.8. The number of carbonyl (C=O) groups excluding carboxylic acids is 2. The number of nitrogens with two attached hydrogens (primary N) is 1. The van der Waals surface area contributed by atoms with E-state index < -0.39 is 30.2 Å². The van der Waals surface area contributed by atoms with E-state index in [4.69, 9.17) is 26.8 Å². The van der Waals surface area contributed by atoms with Gasteiger partial charge in [-0.25, -0.2) is 9.59 Å². The van der Waals surface area contributed by atoms with Gasteiger partial charge in [-0.2, -0.15) is 0 Å². The number of hydrogen-bond donors (Lipinski definition) is 1. The van der Waals surface area contributed by atoms with Gasteiger partial charge in [-0.15, -0.1) is 0 Å². The van der Waals surface area contributed by atoms with Gasteiger partial charge in [-0.3, -0.25) is 4.90 Å².